The fourth-order valence-electron chi connectivity index (χ4n) is 2.45. The van der Waals surface area contributed by atoms with E-state index in [1.807, 2.05) is 38.1 Å². The largest absolute Gasteiger partial charge is 0.481 e. The van der Waals surface area contributed by atoms with Gasteiger partial charge in [-0.05, 0) is 31.0 Å². The van der Waals surface area contributed by atoms with Crippen molar-refractivity contribution >= 4 is 5.91 Å². The first kappa shape index (κ1) is 16.8. The lowest BCUT2D eigenvalue weighted by atomic mass is 10.2. The molecule has 1 heterocycles. The number of aryl methyl sites for hydroxylation is 1. The minimum atomic E-state index is -0.438. The Labute approximate surface area is 132 Å². The molecule has 0 bridgehead atoms. The highest BCUT2D eigenvalue weighted by Gasteiger charge is 2.18. The van der Waals surface area contributed by atoms with Gasteiger partial charge < -0.3 is 14.8 Å². The number of ether oxygens (including phenoxy) is 2. The molecule has 1 aromatic rings. The molecule has 1 aliphatic rings. The normalized spacial score (nSPS) is 17.0. The third-order valence-electron chi connectivity index (χ3n) is 3.76. The molecule has 0 unspecified atom stereocenters. The van der Waals surface area contributed by atoms with Crippen LogP contribution in [0, 0.1) is 6.92 Å². The molecule has 2 rings (SSSR count). The standard InChI is InChI=1S/C17H26N2O3/c1-3-16(22-15-6-4-5-14(2)13-15)17(20)18-7-8-19-9-11-21-12-10-19/h4-6,13,16H,3,7-12H2,1-2H3,(H,18,20)/t16-/m1/s1. The van der Waals surface area contributed by atoms with Crippen molar-refractivity contribution in [1.82, 2.24) is 10.2 Å². The second-order valence-corrected chi connectivity index (χ2v) is 5.58. The third-order valence-corrected chi connectivity index (χ3v) is 3.76. The SMILES string of the molecule is CC[C@@H](Oc1cccc(C)c1)C(=O)NCCN1CCOCC1. The molecule has 1 saturated heterocycles. The molecule has 1 amide bonds. The molecule has 22 heavy (non-hydrogen) atoms. The lowest BCUT2D eigenvalue weighted by Crippen LogP contribution is -2.44. The van der Waals surface area contributed by atoms with Gasteiger partial charge in [0.15, 0.2) is 6.10 Å². The molecule has 0 radical (unpaired) electrons. The summed E-state index contributed by atoms with van der Waals surface area (Å²) in [7, 11) is 0. The van der Waals surface area contributed by atoms with Gasteiger partial charge in [-0.1, -0.05) is 19.1 Å². The van der Waals surface area contributed by atoms with Crippen LogP contribution in [-0.4, -0.2) is 56.3 Å². The Hall–Kier alpha value is -1.59. The van der Waals surface area contributed by atoms with Gasteiger partial charge in [0.2, 0.25) is 0 Å². The van der Waals surface area contributed by atoms with Crippen molar-refractivity contribution in [1.29, 1.82) is 0 Å². The molecule has 0 aliphatic carbocycles. The van der Waals surface area contributed by atoms with Gasteiger partial charge in [0.05, 0.1) is 13.2 Å². The lowest BCUT2D eigenvalue weighted by Gasteiger charge is -2.26. The highest BCUT2D eigenvalue weighted by molar-refractivity contribution is 5.81. The van der Waals surface area contributed by atoms with E-state index in [0.717, 1.165) is 44.2 Å². The number of amides is 1. The quantitative estimate of drug-likeness (QED) is 0.831. The van der Waals surface area contributed by atoms with Crippen molar-refractivity contribution in [3.63, 3.8) is 0 Å². The number of carbonyl (C=O) groups excluding carboxylic acids is 1. The first-order chi connectivity index (χ1) is 10.7. The highest BCUT2D eigenvalue weighted by Crippen LogP contribution is 2.15. The number of hydrogen-bond donors (Lipinski definition) is 1. The van der Waals surface area contributed by atoms with Gasteiger partial charge in [0.1, 0.15) is 5.75 Å². The van der Waals surface area contributed by atoms with E-state index in [4.69, 9.17) is 9.47 Å². The maximum atomic E-state index is 12.2. The summed E-state index contributed by atoms with van der Waals surface area (Å²) >= 11 is 0. The van der Waals surface area contributed by atoms with Crippen LogP contribution < -0.4 is 10.1 Å². The zero-order valence-corrected chi connectivity index (χ0v) is 13.5. The predicted octanol–water partition coefficient (Wildman–Crippen LogP) is 1.60. The number of nitrogens with one attached hydrogen (secondary N) is 1. The number of rotatable bonds is 7. The lowest BCUT2D eigenvalue weighted by molar-refractivity contribution is -0.128. The zero-order chi connectivity index (χ0) is 15.8. The van der Waals surface area contributed by atoms with Crippen LogP contribution in [0.2, 0.25) is 0 Å². The Bertz CT molecular complexity index is 473. The summed E-state index contributed by atoms with van der Waals surface area (Å²) in [5.41, 5.74) is 1.13. The summed E-state index contributed by atoms with van der Waals surface area (Å²) < 4.78 is 11.1. The van der Waals surface area contributed by atoms with Gasteiger partial charge >= 0.3 is 0 Å². The molecule has 1 aromatic carbocycles. The fraction of sp³-hybridized carbons (Fsp3) is 0.588. The van der Waals surface area contributed by atoms with Crippen LogP contribution in [-0.2, 0) is 9.53 Å². The Morgan fingerprint density at radius 1 is 1.41 bits per heavy atom. The van der Waals surface area contributed by atoms with E-state index in [0.29, 0.717) is 13.0 Å². The summed E-state index contributed by atoms with van der Waals surface area (Å²) in [5.74, 6) is 0.701. The fourth-order valence-corrected chi connectivity index (χ4v) is 2.45. The van der Waals surface area contributed by atoms with Gasteiger partial charge in [-0.15, -0.1) is 0 Å². The van der Waals surface area contributed by atoms with E-state index in [2.05, 4.69) is 10.2 Å². The van der Waals surface area contributed by atoms with Crippen molar-refractivity contribution in [2.75, 3.05) is 39.4 Å². The van der Waals surface area contributed by atoms with E-state index in [1.165, 1.54) is 0 Å². The molecule has 1 aliphatic heterocycles. The van der Waals surface area contributed by atoms with E-state index in [1.54, 1.807) is 0 Å². The molecular weight excluding hydrogens is 280 g/mol. The molecule has 122 valence electrons. The minimum absolute atomic E-state index is 0.0442. The molecule has 5 nitrogen and oxygen atoms in total. The smallest absolute Gasteiger partial charge is 0.261 e. The average Bonchev–Trinajstić information content (AvgIpc) is 2.53. The summed E-state index contributed by atoms with van der Waals surface area (Å²) in [4.78, 5) is 14.5. The molecule has 1 atom stereocenters. The van der Waals surface area contributed by atoms with Crippen LogP contribution >= 0.6 is 0 Å². The van der Waals surface area contributed by atoms with Crippen molar-refractivity contribution < 1.29 is 14.3 Å². The van der Waals surface area contributed by atoms with E-state index in [9.17, 15) is 4.79 Å². The summed E-state index contributed by atoms with van der Waals surface area (Å²) in [5, 5.41) is 2.97. The molecule has 0 spiro atoms. The zero-order valence-electron chi connectivity index (χ0n) is 13.5. The maximum absolute atomic E-state index is 12.2. The van der Waals surface area contributed by atoms with Crippen LogP contribution in [0.3, 0.4) is 0 Å². The molecule has 1 N–H and O–H groups in total. The Kier molecular flexibility index (Phi) is 6.68. The van der Waals surface area contributed by atoms with Crippen LogP contribution in [0.25, 0.3) is 0 Å². The van der Waals surface area contributed by atoms with Crippen molar-refractivity contribution in [2.45, 2.75) is 26.4 Å². The van der Waals surface area contributed by atoms with Crippen LogP contribution in [0.5, 0.6) is 5.75 Å². The van der Waals surface area contributed by atoms with Gasteiger partial charge in [-0.25, -0.2) is 0 Å². The second-order valence-electron chi connectivity index (χ2n) is 5.58. The van der Waals surface area contributed by atoms with E-state index >= 15 is 0 Å². The van der Waals surface area contributed by atoms with Gasteiger partial charge in [0.25, 0.3) is 5.91 Å². The van der Waals surface area contributed by atoms with Gasteiger partial charge in [-0.2, -0.15) is 0 Å². The average molecular weight is 306 g/mol. The van der Waals surface area contributed by atoms with E-state index in [-0.39, 0.29) is 5.91 Å². The summed E-state index contributed by atoms with van der Waals surface area (Å²) in [6.07, 6.45) is 0.212. The second kappa shape index (κ2) is 8.76. The number of hydrogen-bond acceptors (Lipinski definition) is 4. The molecular formula is C17H26N2O3. The molecule has 0 aromatic heterocycles. The maximum Gasteiger partial charge on any atom is 0.261 e. The molecule has 5 heteroatoms. The van der Waals surface area contributed by atoms with Gasteiger partial charge in [0, 0.05) is 26.2 Å². The number of morpholine rings is 1. The van der Waals surface area contributed by atoms with Crippen molar-refractivity contribution in [3.05, 3.63) is 29.8 Å². The number of carbonyl (C=O) groups is 1. The van der Waals surface area contributed by atoms with Gasteiger partial charge in [-0.3, -0.25) is 9.69 Å². The van der Waals surface area contributed by atoms with Crippen LogP contribution in [0.15, 0.2) is 24.3 Å². The third kappa shape index (κ3) is 5.31. The minimum Gasteiger partial charge on any atom is -0.481 e. The van der Waals surface area contributed by atoms with Crippen LogP contribution in [0.4, 0.5) is 0 Å². The topological polar surface area (TPSA) is 50.8 Å². The summed E-state index contributed by atoms with van der Waals surface area (Å²) in [6.45, 7) is 8.91. The van der Waals surface area contributed by atoms with Crippen LogP contribution in [0.1, 0.15) is 18.9 Å². The first-order valence-electron chi connectivity index (χ1n) is 8.00. The first-order valence-corrected chi connectivity index (χ1v) is 8.00. The van der Waals surface area contributed by atoms with E-state index < -0.39 is 6.10 Å². The Morgan fingerprint density at radius 3 is 2.86 bits per heavy atom. The summed E-state index contributed by atoms with van der Waals surface area (Å²) in [6, 6.07) is 7.78. The number of nitrogens with zero attached hydrogens (tertiary/aromatic N) is 1. The Morgan fingerprint density at radius 2 is 2.18 bits per heavy atom. The molecule has 1 fully saturated rings. The Balaban J connectivity index is 1.76. The molecule has 0 saturated carbocycles. The predicted molar refractivity (Wildman–Crippen MR) is 86.2 cm³/mol. The van der Waals surface area contributed by atoms with Crippen molar-refractivity contribution in [2.24, 2.45) is 0 Å². The van der Waals surface area contributed by atoms with Crippen molar-refractivity contribution in [3.8, 4) is 5.75 Å². The monoisotopic (exact) mass is 306 g/mol. The number of benzene rings is 1. The highest BCUT2D eigenvalue weighted by atomic mass is 16.5.